The van der Waals surface area contributed by atoms with Gasteiger partial charge < -0.3 is 15.0 Å². The van der Waals surface area contributed by atoms with Gasteiger partial charge in [-0.15, -0.1) is 0 Å². The van der Waals surface area contributed by atoms with Crippen LogP contribution in [0.5, 0.6) is 5.75 Å². The van der Waals surface area contributed by atoms with Crippen molar-refractivity contribution in [3.8, 4) is 5.75 Å². The van der Waals surface area contributed by atoms with Gasteiger partial charge in [0.1, 0.15) is 12.3 Å². The maximum Gasteiger partial charge on any atom is 0.265 e. The number of anilines is 2. The number of likely N-dealkylation sites (tertiary alicyclic amines) is 1. The molecule has 7 nitrogen and oxygen atoms in total. The Balaban J connectivity index is 1.53. The molecule has 1 N–H and O–H groups in total. The van der Waals surface area contributed by atoms with E-state index in [1.54, 1.807) is 30.3 Å². The molecule has 1 saturated heterocycles. The molecule has 2 aromatic rings. The molecular formula is C23H25N3O4. The molecule has 0 aromatic heterocycles. The Bertz CT molecular complexity index is 965. The first kappa shape index (κ1) is 19.9. The summed E-state index contributed by atoms with van der Waals surface area (Å²) in [5.74, 6) is -0.0526. The molecule has 3 amide bonds. The predicted molar refractivity (Wildman–Crippen MR) is 114 cm³/mol. The van der Waals surface area contributed by atoms with Gasteiger partial charge in [0, 0.05) is 24.3 Å². The summed E-state index contributed by atoms with van der Waals surface area (Å²) in [5.41, 5.74) is 2.65. The zero-order valence-corrected chi connectivity index (χ0v) is 17.0. The number of amides is 3. The Labute approximate surface area is 175 Å². The number of fused-ring (bicyclic) bond motifs is 1. The fourth-order valence-electron chi connectivity index (χ4n) is 3.74. The SMILES string of the molecule is Cc1ccc(C(=O)Nc2ccc3c(c2)N(CC(=O)N2CCCCC2)C(=O)CO3)cc1. The summed E-state index contributed by atoms with van der Waals surface area (Å²) < 4.78 is 5.52. The molecule has 0 aliphatic carbocycles. The lowest BCUT2D eigenvalue weighted by Gasteiger charge is -2.33. The van der Waals surface area contributed by atoms with E-state index in [1.807, 2.05) is 24.0 Å². The van der Waals surface area contributed by atoms with Crippen LogP contribution in [0.1, 0.15) is 35.2 Å². The lowest BCUT2D eigenvalue weighted by molar-refractivity contribution is -0.132. The summed E-state index contributed by atoms with van der Waals surface area (Å²) >= 11 is 0. The van der Waals surface area contributed by atoms with E-state index < -0.39 is 0 Å². The molecule has 1 fully saturated rings. The van der Waals surface area contributed by atoms with Crippen molar-refractivity contribution in [1.82, 2.24) is 4.90 Å². The highest BCUT2D eigenvalue weighted by atomic mass is 16.5. The van der Waals surface area contributed by atoms with Crippen LogP contribution >= 0.6 is 0 Å². The first-order valence-corrected chi connectivity index (χ1v) is 10.2. The molecule has 0 atom stereocenters. The second kappa shape index (κ2) is 8.57. The second-order valence-electron chi connectivity index (χ2n) is 7.71. The number of nitrogens with zero attached hydrogens (tertiary/aromatic N) is 2. The summed E-state index contributed by atoms with van der Waals surface area (Å²) in [7, 11) is 0. The van der Waals surface area contributed by atoms with Crippen molar-refractivity contribution < 1.29 is 19.1 Å². The van der Waals surface area contributed by atoms with Gasteiger partial charge in [0.05, 0.1) is 5.69 Å². The molecule has 2 aliphatic heterocycles. The molecule has 0 unspecified atom stereocenters. The van der Waals surface area contributed by atoms with Gasteiger partial charge in [-0.25, -0.2) is 0 Å². The number of ether oxygens (including phenoxy) is 1. The van der Waals surface area contributed by atoms with E-state index >= 15 is 0 Å². The molecule has 2 heterocycles. The van der Waals surface area contributed by atoms with Crippen LogP contribution in [0.2, 0.25) is 0 Å². The van der Waals surface area contributed by atoms with Gasteiger partial charge in [0.2, 0.25) is 5.91 Å². The summed E-state index contributed by atoms with van der Waals surface area (Å²) in [6.45, 7) is 3.30. The van der Waals surface area contributed by atoms with E-state index in [-0.39, 0.29) is 30.9 Å². The molecule has 0 radical (unpaired) electrons. The maximum atomic E-state index is 12.7. The van der Waals surface area contributed by atoms with Gasteiger partial charge in [-0.3, -0.25) is 19.3 Å². The number of hydrogen-bond acceptors (Lipinski definition) is 4. The predicted octanol–water partition coefficient (Wildman–Crippen LogP) is 2.99. The van der Waals surface area contributed by atoms with Gasteiger partial charge in [0.25, 0.3) is 11.8 Å². The Morgan fingerprint density at radius 3 is 2.50 bits per heavy atom. The third-order valence-corrected chi connectivity index (χ3v) is 5.48. The van der Waals surface area contributed by atoms with Crippen molar-refractivity contribution >= 4 is 29.1 Å². The summed E-state index contributed by atoms with van der Waals surface area (Å²) in [5, 5.41) is 2.85. The van der Waals surface area contributed by atoms with Crippen LogP contribution in [0.3, 0.4) is 0 Å². The van der Waals surface area contributed by atoms with Crippen LogP contribution in [-0.4, -0.2) is 48.9 Å². The van der Waals surface area contributed by atoms with E-state index in [0.717, 1.165) is 37.9 Å². The average molecular weight is 407 g/mol. The minimum atomic E-state index is -0.269. The van der Waals surface area contributed by atoms with Crippen molar-refractivity contribution in [3.05, 3.63) is 53.6 Å². The van der Waals surface area contributed by atoms with Crippen LogP contribution in [0, 0.1) is 6.92 Å². The summed E-state index contributed by atoms with van der Waals surface area (Å²) in [6, 6.07) is 12.4. The lowest BCUT2D eigenvalue weighted by Crippen LogP contribution is -2.47. The number of rotatable bonds is 4. The van der Waals surface area contributed by atoms with Crippen LogP contribution in [0.4, 0.5) is 11.4 Å². The summed E-state index contributed by atoms with van der Waals surface area (Å²) in [6.07, 6.45) is 3.12. The molecule has 2 aromatic carbocycles. The van der Waals surface area contributed by atoms with Gasteiger partial charge in [-0.1, -0.05) is 17.7 Å². The molecule has 7 heteroatoms. The molecule has 156 valence electrons. The highest BCUT2D eigenvalue weighted by Gasteiger charge is 2.29. The monoisotopic (exact) mass is 407 g/mol. The van der Waals surface area contributed by atoms with Crippen molar-refractivity contribution in [1.29, 1.82) is 0 Å². The van der Waals surface area contributed by atoms with E-state index in [9.17, 15) is 14.4 Å². The minimum Gasteiger partial charge on any atom is -0.482 e. The minimum absolute atomic E-state index is 0.0233. The Hall–Kier alpha value is -3.35. The molecule has 4 rings (SSSR count). The smallest absolute Gasteiger partial charge is 0.265 e. The highest BCUT2D eigenvalue weighted by molar-refractivity contribution is 6.06. The molecule has 0 bridgehead atoms. The number of aryl methyl sites for hydroxylation is 1. The number of carbonyl (C=O) groups excluding carboxylic acids is 3. The molecule has 0 saturated carbocycles. The molecular weight excluding hydrogens is 382 g/mol. The van der Waals surface area contributed by atoms with E-state index in [4.69, 9.17) is 4.74 Å². The number of nitrogens with one attached hydrogen (secondary N) is 1. The Morgan fingerprint density at radius 2 is 1.77 bits per heavy atom. The average Bonchev–Trinajstić information content (AvgIpc) is 2.76. The van der Waals surface area contributed by atoms with Crippen LogP contribution in [0.25, 0.3) is 0 Å². The lowest BCUT2D eigenvalue weighted by atomic mass is 10.1. The first-order valence-electron chi connectivity index (χ1n) is 10.2. The third kappa shape index (κ3) is 4.30. The van der Waals surface area contributed by atoms with E-state index in [2.05, 4.69) is 5.32 Å². The number of hydrogen-bond donors (Lipinski definition) is 1. The van der Waals surface area contributed by atoms with E-state index in [1.165, 1.54) is 4.90 Å². The maximum absolute atomic E-state index is 12.7. The van der Waals surface area contributed by atoms with Crippen molar-refractivity contribution in [2.75, 3.05) is 36.5 Å². The zero-order valence-electron chi connectivity index (χ0n) is 17.0. The first-order chi connectivity index (χ1) is 14.5. The van der Waals surface area contributed by atoms with Crippen molar-refractivity contribution in [2.45, 2.75) is 26.2 Å². The van der Waals surface area contributed by atoms with Gasteiger partial charge in [-0.05, 0) is 56.5 Å². The van der Waals surface area contributed by atoms with Crippen molar-refractivity contribution in [2.24, 2.45) is 0 Å². The second-order valence-corrected chi connectivity index (χ2v) is 7.71. The molecule has 0 spiro atoms. The Kier molecular flexibility index (Phi) is 5.70. The summed E-state index contributed by atoms with van der Waals surface area (Å²) in [4.78, 5) is 41.0. The topological polar surface area (TPSA) is 79.0 Å². The fourth-order valence-corrected chi connectivity index (χ4v) is 3.74. The number of carbonyl (C=O) groups is 3. The largest absolute Gasteiger partial charge is 0.482 e. The van der Waals surface area contributed by atoms with Crippen LogP contribution < -0.4 is 15.0 Å². The highest BCUT2D eigenvalue weighted by Crippen LogP contribution is 2.34. The Morgan fingerprint density at radius 1 is 1.03 bits per heavy atom. The van der Waals surface area contributed by atoms with Crippen LogP contribution in [0.15, 0.2) is 42.5 Å². The quantitative estimate of drug-likeness (QED) is 0.845. The van der Waals surface area contributed by atoms with Gasteiger partial charge >= 0.3 is 0 Å². The number of piperidine rings is 1. The molecule has 30 heavy (non-hydrogen) atoms. The molecule has 2 aliphatic rings. The van der Waals surface area contributed by atoms with E-state index in [0.29, 0.717) is 22.7 Å². The standard InChI is InChI=1S/C23H25N3O4/c1-16-5-7-17(8-6-16)23(29)24-18-9-10-20-19(13-18)26(22(28)15-30-20)14-21(27)25-11-3-2-4-12-25/h5-10,13H,2-4,11-12,14-15H2,1H3,(H,24,29). The fraction of sp³-hybridized carbons (Fsp3) is 0.348. The number of benzene rings is 2. The van der Waals surface area contributed by atoms with Gasteiger partial charge in [0.15, 0.2) is 6.61 Å². The van der Waals surface area contributed by atoms with Crippen molar-refractivity contribution in [3.63, 3.8) is 0 Å². The van der Waals surface area contributed by atoms with Gasteiger partial charge in [-0.2, -0.15) is 0 Å². The zero-order chi connectivity index (χ0) is 21.1. The van der Waals surface area contributed by atoms with Crippen LogP contribution in [-0.2, 0) is 9.59 Å². The normalized spacial score (nSPS) is 16.0. The third-order valence-electron chi connectivity index (χ3n) is 5.48.